The molecule has 2 heterocycles. The van der Waals surface area contributed by atoms with Gasteiger partial charge in [0, 0.05) is 0 Å². The van der Waals surface area contributed by atoms with Crippen molar-refractivity contribution in [1.82, 2.24) is 4.98 Å². The van der Waals surface area contributed by atoms with Crippen LogP contribution in [0.15, 0.2) is 72.4 Å². The Morgan fingerprint density at radius 3 is 2.35 bits per heavy atom. The molecule has 0 bridgehead atoms. The second-order valence-corrected chi connectivity index (χ2v) is 11.7. The molecule has 5 rings (SSSR count). The zero-order valence-corrected chi connectivity index (χ0v) is 20.5. The molecule has 0 amide bonds. The third-order valence-corrected chi connectivity index (χ3v) is 8.51. The Labute approximate surface area is 190 Å². The van der Waals surface area contributed by atoms with E-state index >= 15 is 0 Å². The van der Waals surface area contributed by atoms with Crippen LogP contribution < -0.4 is 0 Å². The van der Waals surface area contributed by atoms with E-state index in [0.717, 1.165) is 5.69 Å². The summed E-state index contributed by atoms with van der Waals surface area (Å²) in [5.41, 5.74) is 6.52. The van der Waals surface area contributed by atoms with E-state index in [1.54, 1.807) is 0 Å². The quantitative estimate of drug-likeness (QED) is 0.239. The van der Waals surface area contributed by atoms with Crippen LogP contribution in [0.4, 0.5) is 0 Å². The van der Waals surface area contributed by atoms with Gasteiger partial charge in [0.1, 0.15) is 0 Å². The monoisotopic (exact) mass is 469 g/mol. The standard InChI is InChI=1S/C29H27NSe/c1-18(2)15-20-10-8-12-23-24-13-14-30-26(28(24)31-27(20)23)21-16-19-9-6-7-11-22(19)25(17-21)29(3,4)5/h6-17H,1-5H3. The van der Waals surface area contributed by atoms with Crippen molar-refractivity contribution >= 4 is 50.6 Å². The van der Waals surface area contributed by atoms with Crippen LogP contribution in [0.5, 0.6) is 0 Å². The Balaban J connectivity index is 1.84. The summed E-state index contributed by atoms with van der Waals surface area (Å²) < 4.78 is 2.90. The molecule has 5 aromatic rings. The van der Waals surface area contributed by atoms with Gasteiger partial charge in [-0.05, 0) is 0 Å². The van der Waals surface area contributed by atoms with Crippen molar-refractivity contribution in [2.24, 2.45) is 0 Å². The predicted molar refractivity (Wildman–Crippen MR) is 137 cm³/mol. The van der Waals surface area contributed by atoms with E-state index in [-0.39, 0.29) is 19.9 Å². The molecule has 0 saturated carbocycles. The molecule has 2 heteroatoms. The average molecular weight is 469 g/mol. The minimum atomic E-state index is 0.0677. The molecule has 31 heavy (non-hydrogen) atoms. The first-order valence-electron chi connectivity index (χ1n) is 10.8. The number of allylic oxidation sites excluding steroid dienone is 1. The van der Waals surface area contributed by atoms with Crippen LogP contribution in [0.3, 0.4) is 0 Å². The van der Waals surface area contributed by atoms with Gasteiger partial charge in [0.05, 0.1) is 0 Å². The first-order valence-corrected chi connectivity index (χ1v) is 12.5. The molecule has 154 valence electrons. The molecule has 0 aliphatic rings. The molecule has 0 atom stereocenters. The second kappa shape index (κ2) is 7.48. The zero-order chi connectivity index (χ0) is 21.8. The normalized spacial score (nSPS) is 12.0. The van der Waals surface area contributed by atoms with Gasteiger partial charge < -0.3 is 0 Å². The van der Waals surface area contributed by atoms with Crippen LogP contribution in [0.2, 0.25) is 0 Å². The van der Waals surface area contributed by atoms with E-state index in [0.29, 0.717) is 0 Å². The summed E-state index contributed by atoms with van der Waals surface area (Å²) in [6, 6.07) is 22.4. The van der Waals surface area contributed by atoms with Crippen molar-refractivity contribution in [2.45, 2.75) is 40.0 Å². The van der Waals surface area contributed by atoms with Crippen LogP contribution in [0.25, 0.3) is 47.4 Å². The summed E-state index contributed by atoms with van der Waals surface area (Å²) in [7, 11) is 0. The van der Waals surface area contributed by atoms with Crippen molar-refractivity contribution in [3.8, 4) is 11.3 Å². The molecule has 2 aromatic heterocycles. The van der Waals surface area contributed by atoms with E-state index in [9.17, 15) is 0 Å². The van der Waals surface area contributed by atoms with Crippen molar-refractivity contribution < 1.29 is 0 Å². The number of hydrogen-bond acceptors (Lipinski definition) is 1. The molecule has 0 radical (unpaired) electrons. The van der Waals surface area contributed by atoms with Crippen LogP contribution >= 0.6 is 0 Å². The van der Waals surface area contributed by atoms with E-state index in [1.165, 1.54) is 52.3 Å². The Hall–Kier alpha value is -2.67. The second-order valence-electron chi connectivity index (χ2n) is 9.58. The molecule has 0 unspecified atom stereocenters. The summed E-state index contributed by atoms with van der Waals surface area (Å²) >= 11 is 0.240. The summed E-state index contributed by atoms with van der Waals surface area (Å²) in [4.78, 5) is 4.92. The summed E-state index contributed by atoms with van der Waals surface area (Å²) in [5, 5.41) is 5.36. The fraction of sp³-hybridized carbons (Fsp3) is 0.207. The van der Waals surface area contributed by atoms with E-state index < -0.39 is 0 Å². The zero-order valence-electron chi connectivity index (χ0n) is 18.8. The van der Waals surface area contributed by atoms with Gasteiger partial charge in [-0.15, -0.1) is 0 Å². The third kappa shape index (κ3) is 3.54. The SMILES string of the molecule is CC(C)=Cc1cccc2c1[se]c1c(-c3cc(C(C)(C)C)c4ccccc4c3)nccc12. The minimum absolute atomic E-state index is 0.0677. The number of hydrogen-bond donors (Lipinski definition) is 0. The Morgan fingerprint density at radius 1 is 0.839 bits per heavy atom. The molecule has 0 saturated heterocycles. The van der Waals surface area contributed by atoms with Crippen molar-refractivity contribution in [3.63, 3.8) is 0 Å². The van der Waals surface area contributed by atoms with Crippen LogP contribution in [-0.4, -0.2) is 19.5 Å². The first-order chi connectivity index (χ1) is 14.8. The van der Waals surface area contributed by atoms with E-state index in [1.807, 2.05) is 6.20 Å². The van der Waals surface area contributed by atoms with Gasteiger partial charge in [-0.1, -0.05) is 0 Å². The van der Waals surface area contributed by atoms with Gasteiger partial charge in [-0.25, -0.2) is 0 Å². The molecule has 0 spiro atoms. The maximum absolute atomic E-state index is 4.92. The van der Waals surface area contributed by atoms with Gasteiger partial charge in [-0.2, -0.15) is 0 Å². The van der Waals surface area contributed by atoms with Crippen molar-refractivity contribution in [3.05, 3.63) is 83.6 Å². The maximum atomic E-state index is 4.92. The molecule has 0 N–H and O–H groups in total. The van der Waals surface area contributed by atoms with E-state index in [4.69, 9.17) is 4.98 Å². The average Bonchev–Trinajstić information content (AvgIpc) is 3.12. The molecule has 0 fully saturated rings. The molecule has 3 aromatic carbocycles. The number of benzene rings is 3. The molecular formula is C29H27NSe. The summed E-state index contributed by atoms with van der Waals surface area (Å²) in [6.07, 6.45) is 4.30. The fourth-order valence-corrected chi connectivity index (χ4v) is 7.16. The Kier molecular flexibility index (Phi) is 4.88. The summed E-state index contributed by atoms with van der Waals surface area (Å²) in [6.45, 7) is 11.2. The molecule has 0 aliphatic carbocycles. The summed E-state index contributed by atoms with van der Waals surface area (Å²) in [5.74, 6) is 0. The van der Waals surface area contributed by atoms with Crippen LogP contribution in [0, 0.1) is 0 Å². The number of pyridine rings is 1. The molecular weight excluding hydrogens is 441 g/mol. The predicted octanol–water partition coefficient (Wildman–Crippen LogP) is 7.99. The number of nitrogens with zero attached hydrogens (tertiary/aromatic N) is 1. The van der Waals surface area contributed by atoms with Gasteiger partial charge in [0.15, 0.2) is 0 Å². The Bertz CT molecular complexity index is 1470. The van der Waals surface area contributed by atoms with Gasteiger partial charge >= 0.3 is 190 Å². The van der Waals surface area contributed by atoms with Crippen molar-refractivity contribution in [2.75, 3.05) is 0 Å². The van der Waals surface area contributed by atoms with Crippen LogP contribution in [-0.2, 0) is 5.41 Å². The van der Waals surface area contributed by atoms with E-state index in [2.05, 4.69) is 101 Å². The third-order valence-electron chi connectivity index (χ3n) is 5.83. The number of rotatable bonds is 2. The first kappa shape index (κ1) is 20.2. The van der Waals surface area contributed by atoms with Gasteiger partial charge in [-0.3, -0.25) is 0 Å². The fourth-order valence-electron chi connectivity index (χ4n) is 4.44. The Morgan fingerprint density at radius 2 is 1.58 bits per heavy atom. The molecule has 1 nitrogen and oxygen atoms in total. The van der Waals surface area contributed by atoms with Crippen molar-refractivity contribution in [1.29, 1.82) is 0 Å². The van der Waals surface area contributed by atoms with Crippen LogP contribution in [0.1, 0.15) is 45.7 Å². The number of fused-ring (bicyclic) bond motifs is 4. The molecule has 0 aliphatic heterocycles. The number of aromatic nitrogens is 1. The van der Waals surface area contributed by atoms with Gasteiger partial charge in [0.2, 0.25) is 0 Å². The topological polar surface area (TPSA) is 12.9 Å². The van der Waals surface area contributed by atoms with Gasteiger partial charge in [0.25, 0.3) is 0 Å².